The van der Waals surface area contributed by atoms with Crippen LogP contribution >= 0.6 is 15.9 Å². The topological polar surface area (TPSA) is 113 Å². The predicted molar refractivity (Wildman–Crippen MR) is 119 cm³/mol. The minimum Gasteiger partial charge on any atom is -0.504 e. The smallest absolute Gasteiger partial charge is 0.295 e. The Kier molecular flexibility index (Phi) is 7.65. The normalized spacial score (nSPS) is 15.8. The second-order valence-corrected chi connectivity index (χ2v) is 9.83. The van der Waals surface area contributed by atoms with Gasteiger partial charge < -0.3 is 14.7 Å². The highest BCUT2D eigenvalue weighted by molar-refractivity contribution is 9.10. The van der Waals surface area contributed by atoms with Crippen LogP contribution in [0.4, 0.5) is 0 Å². The van der Waals surface area contributed by atoms with Crippen LogP contribution in [0.25, 0.3) is 0 Å². The molecule has 0 spiro atoms. The van der Waals surface area contributed by atoms with E-state index in [2.05, 4.69) is 26.5 Å². The van der Waals surface area contributed by atoms with Crippen LogP contribution in [0.3, 0.4) is 0 Å². The van der Waals surface area contributed by atoms with Gasteiger partial charge in [-0.1, -0.05) is 22.0 Å². The first-order valence-electron chi connectivity index (χ1n) is 9.58. The van der Waals surface area contributed by atoms with Gasteiger partial charge in [-0.2, -0.15) is 9.41 Å². The summed E-state index contributed by atoms with van der Waals surface area (Å²) in [5.41, 5.74) is 2.85. The zero-order valence-electron chi connectivity index (χ0n) is 16.9. The van der Waals surface area contributed by atoms with Gasteiger partial charge in [-0.25, -0.2) is 13.8 Å². The van der Waals surface area contributed by atoms with Crippen molar-refractivity contribution in [1.82, 2.24) is 9.73 Å². The number of para-hydroxylation sites is 1. The standard InChI is InChI=1S/C20H23BrN4O5S/c1-30-18-4-2-3-15(20(18)27)13-22-23-19(26)14-24-9-11-25(12-10-24)31(28,29)17-7-5-16(21)6-8-17/h2-8,13,27H,9-12,14H2,1H3,(H,23,26)/p+1/b22-13+. The van der Waals surface area contributed by atoms with Crippen LogP contribution < -0.4 is 15.1 Å². The van der Waals surface area contributed by atoms with Crippen LogP contribution in [0, 0.1) is 0 Å². The lowest BCUT2D eigenvalue weighted by atomic mass is 10.2. The fraction of sp³-hybridized carbons (Fsp3) is 0.300. The Morgan fingerprint density at radius 2 is 1.94 bits per heavy atom. The molecular weight excluding hydrogens is 488 g/mol. The third-order valence-electron chi connectivity index (χ3n) is 4.93. The van der Waals surface area contributed by atoms with E-state index in [0.717, 1.165) is 9.37 Å². The molecule has 0 radical (unpaired) electrons. The number of carbonyl (C=O) groups excluding carboxylic acids is 1. The number of phenols is 1. The number of ether oxygens (including phenoxy) is 1. The van der Waals surface area contributed by atoms with E-state index < -0.39 is 10.0 Å². The quantitative estimate of drug-likeness (QED) is 0.363. The first-order chi connectivity index (χ1) is 14.8. The van der Waals surface area contributed by atoms with Crippen LogP contribution in [0.1, 0.15) is 5.56 Å². The average Bonchev–Trinajstić information content (AvgIpc) is 2.75. The zero-order valence-corrected chi connectivity index (χ0v) is 19.3. The van der Waals surface area contributed by atoms with Gasteiger partial charge in [0.05, 0.1) is 44.4 Å². The number of piperazine rings is 1. The van der Waals surface area contributed by atoms with Crippen LogP contribution in [0.2, 0.25) is 0 Å². The number of phenolic OH excluding ortho intramolecular Hbond substituents is 1. The molecule has 1 aliphatic heterocycles. The summed E-state index contributed by atoms with van der Waals surface area (Å²) in [6.45, 7) is 1.88. The Bertz CT molecular complexity index is 1050. The molecule has 0 aromatic heterocycles. The average molecular weight is 512 g/mol. The van der Waals surface area contributed by atoms with E-state index in [4.69, 9.17) is 4.74 Å². The summed E-state index contributed by atoms with van der Waals surface area (Å²) >= 11 is 3.30. The molecule has 1 heterocycles. The second-order valence-electron chi connectivity index (χ2n) is 6.98. The molecule has 3 N–H and O–H groups in total. The summed E-state index contributed by atoms with van der Waals surface area (Å²) in [5, 5.41) is 13.9. The van der Waals surface area contributed by atoms with Crippen molar-refractivity contribution < 1.29 is 28.0 Å². The molecule has 0 unspecified atom stereocenters. The van der Waals surface area contributed by atoms with Crippen molar-refractivity contribution >= 4 is 38.1 Å². The molecule has 9 nitrogen and oxygen atoms in total. The fourth-order valence-electron chi connectivity index (χ4n) is 3.22. The molecular formula is C20H24BrN4O5S+. The Hall–Kier alpha value is -2.47. The molecule has 3 rings (SSSR count). The van der Waals surface area contributed by atoms with Crippen molar-refractivity contribution in [3.63, 3.8) is 0 Å². The number of sulfonamides is 1. The van der Waals surface area contributed by atoms with Crippen molar-refractivity contribution in [3.05, 3.63) is 52.5 Å². The predicted octanol–water partition coefficient (Wildman–Crippen LogP) is 0.203. The number of aromatic hydroxyl groups is 1. The third kappa shape index (κ3) is 5.82. The zero-order chi connectivity index (χ0) is 22.4. The van der Waals surface area contributed by atoms with E-state index >= 15 is 0 Å². The highest BCUT2D eigenvalue weighted by atomic mass is 79.9. The monoisotopic (exact) mass is 511 g/mol. The number of quaternary nitrogens is 1. The maximum Gasteiger partial charge on any atom is 0.295 e. The van der Waals surface area contributed by atoms with Crippen molar-refractivity contribution in [1.29, 1.82) is 0 Å². The first kappa shape index (κ1) is 23.2. The van der Waals surface area contributed by atoms with Crippen molar-refractivity contribution in [2.45, 2.75) is 4.90 Å². The molecule has 11 heteroatoms. The number of carbonyl (C=O) groups is 1. The van der Waals surface area contributed by atoms with Crippen LogP contribution in [-0.2, 0) is 14.8 Å². The molecule has 0 saturated carbocycles. The SMILES string of the molecule is COc1cccc(/C=N/NC(=O)C[NH+]2CCN(S(=O)(=O)c3ccc(Br)cc3)CC2)c1O. The minimum absolute atomic E-state index is 0.0586. The summed E-state index contributed by atoms with van der Waals surface area (Å²) < 4.78 is 32.8. The number of nitrogens with one attached hydrogen (secondary N) is 2. The lowest BCUT2D eigenvalue weighted by molar-refractivity contribution is -0.895. The van der Waals surface area contributed by atoms with E-state index in [0.29, 0.717) is 37.5 Å². The molecule has 0 bridgehead atoms. The van der Waals surface area contributed by atoms with E-state index in [1.165, 1.54) is 17.6 Å². The molecule has 2 aromatic rings. The number of amides is 1. The molecule has 1 saturated heterocycles. The molecule has 31 heavy (non-hydrogen) atoms. The highest BCUT2D eigenvalue weighted by Crippen LogP contribution is 2.27. The number of hydrogen-bond acceptors (Lipinski definition) is 6. The number of halogens is 1. The van der Waals surface area contributed by atoms with Crippen LogP contribution in [0.5, 0.6) is 11.5 Å². The van der Waals surface area contributed by atoms with Gasteiger partial charge in [-0.3, -0.25) is 4.79 Å². The van der Waals surface area contributed by atoms with E-state index in [-0.39, 0.29) is 23.1 Å². The number of benzene rings is 2. The Morgan fingerprint density at radius 3 is 2.58 bits per heavy atom. The third-order valence-corrected chi connectivity index (χ3v) is 7.38. The maximum atomic E-state index is 12.8. The largest absolute Gasteiger partial charge is 0.504 e. The Balaban J connectivity index is 1.49. The maximum absolute atomic E-state index is 12.8. The highest BCUT2D eigenvalue weighted by Gasteiger charge is 2.31. The first-order valence-corrected chi connectivity index (χ1v) is 11.8. The fourth-order valence-corrected chi connectivity index (χ4v) is 4.93. The second kappa shape index (κ2) is 10.2. The molecule has 0 atom stereocenters. The summed E-state index contributed by atoms with van der Waals surface area (Å²) in [5.74, 6) is -0.0368. The lowest BCUT2D eigenvalue weighted by Gasteiger charge is -2.31. The number of rotatable bonds is 7. The van der Waals surface area contributed by atoms with Crippen molar-refractivity contribution in [2.24, 2.45) is 5.10 Å². The summed E-state index contributed by atoms with van der Waals surface area (Å²) in [6.07, 6.45) is 1.34. The molecule has 2 aromatic carbocycles. The van der Waals surface area contributed by atoms with Gasteiger partial charge >= 0.3 is 0 Å². The molecule has 166 valence electrons. The van der Waals surface area contributed by atoms with Gasteiger partial charge in [-0.15, -0.1) is 0 Å². The molecule has 1 fully saturated rings. The molecule has 1 aliphatic rings. The van der Waals surface area contributed by atoms with Crippen molar-refractivity contribution in [2.75, 3.05) is 39.8 Å². The number of hydrogen-bond donors (Lipinski definition) is 3. The van der Waals surface area contributed by atoms with Gasteiger partial charge in [0.25, 0.3) is 5.91 Å². The number of nitrogens with zero attached hydrogens (tertiary/aromatic N) is 2. The van der Waals surface area contributed by atoms with Gasteiger partial charge in [0.2, 0.25) is 10.0 Å². The van der Waals surface area contributed by atoms with Gasteiger partial charge in [-0.05, 0) is 36.4 Å². The van der Waals surface area contributed by atoms with E-state index in [1.54, 1.807) is 42.5 Å². The number of methoxy groups -OCH3 is 1. The summed E-state index contributed by atoms with van der Waals surface area (Å²) in [6, 6.07) is 11.5. The lowest BCUT2D eigenvalue weighted by Crippen LogP contribution is -3.15. The van der Waals surface area contributed by atoms with Crippen LogP contribution in [0.15, 0.2) is 56.9 Å². The summed E-state index contributed by atoms with van der Waals surface area (Å²) in [4.78, 5) is 13.4. The summed E-state index contributed by atoms with van der Waals surface area (Å²) in [7, 11) is -2.10. The number of hydrazone groups is 1. The van der Waals surface area contributed by atoms with E-state index in [1.807, 2.05) is 0 Å². The molecule has 0 aliphatic carbocycles. The molecule has 1 amide bonds. The van der Waals surface area contributed by atoms with Gasteiger partial charge in [0, 0.05) is 10.0 Å². The van der Waals surface area contributed by atoms with Crippen molar-refractivity contribution in [3.8, 4) is 11.5 Å². The minimum atomic E-state index is -3.54. The van der Waals surface area contributed by atoms with Gasteiger partial charge in [0.15, 0.2) is 18.0 Å². The van der Waals surface area contributed by atoms with Gasteiger partial charge in [0.1, 0.15) is 0 Å². The van der Waals surface area contributed by atoms with E-state index in [9.17, 15) is 18.3 Å². The Morgan fingerprint density at radius 1 is 1.26 bits per heavy atom. The van der Waals surface area contributed by atoms with Crippen LogP contribution in [-0.4, -0.2) is 69.8 Å². The Labute approximate surface area is 189 Å².